The Bertz CT molecular complexity index is 585. The summed E-state index contributed by atoms with van der Waals surface area (Å²) < 4.78 is 113. The number of rotatable bonds is 4. The fourth-order valence-corrected chi connectivity index (χ4v) is 1.27. The Hall–Kier alpha value is -1.72. The van der Waals surface area contributed by atoms with Gasteiger partial charge >= 0.3 is 29.9 Å². The quantitative estimate of drug-likeness (QED) is 0.805. The number of carbonyl (C=O) groups is 1. The molecule has 0 bridgehead atoms. The summed E-state index contributed by atoms with van der Waals surface area (Å²) in [5, 5.41) is 0.948. The van der Waals surface area contributed by atoms with Gasteiger partial charge in [0.1, 0.15) is 5.82 Å². The van der Waals surface area contributed by atoms with E-state index in [-0.39, 0.29) is 5.02 Å². The summed E-state index contributed by atoms with van der Waals surface area (Å²) in [4.78, 5) is 14.2. The van der Waals surface area contributed by atoms with Gasteiger partial charge in [0.2, 0.25) is 0 Å². The van der Waals surface area contributed by atoms with E-state index in [4.69, 9.17) is 11.6 Å². The SMILES string of the molecule is O=C(Nc1ccc(Cl)cn1)C(F)(F)C(F)(F)C(F)(F)C(F)(F)F. The molecule has 0 aliphatic rings. The molecule has 0 saturated carbocycles. The van der Waals surface area contributed by atoms with E-state index in [1.54, 1.807) is 0 Å². The average Bonchev–Trinajstić information content (AvgIpc) is 2.39. The maximum Gasteiger partial charge on any atom is 0.460 e. The van der Waals surface area contributed by atoms with Crippen LogP contribution < -0.4 is 5.32 Å². The van der Waals surface area contributed by atoms with E-state index in [9.17, 15) is 44.3 Å². The van der Waals surface area contributed by atoms with E-state index in [1.807, 2.05) is 0 Å². The fraction of sp³-hybridized carbons (Fsp3) is 0.400. The largest absolute Gasteiger partial charge is 0.460 e. The predicted octanol–water partition coefficient (Wildman–Crippen LogP) is 4.14. The Morgan fingerprint density at radius 1 is 0.957 bits per heavy atom. The van der Waals surface area contributed by atoms with Gasteiger partial charge in [-0.1, -0.05) is 11.6 Å². The molecule has 0 saturated heterocycles. The molecule has 130 valence electrons. The number of aromatic nitrogens is 1. The van der Waals surface area contributed by atoms with Crippen LogP contribution in [0.3, 0.4) is 0 Å². The first kappa shape index (κ1) is 19.3. The van der Waals surface area contributed by atoms with Crippen molar-refractivity contribution in [2.45, 2.75) is 23.9 Å². The Kier molecular flexibility index (Phi) is 4.81. The molecule has 13 heteroatoms. The summed E-state index contributed by atoms with van der Waals surface area (Å²) in [6.45, 7) is 0. The van der Waals surface area contributed by atoms with Crippen LogP contribution in [0, 0.1) is 0 Å². The first-order chi connectivity index (χ1) is 10.1. The standard InChI is InChI=1S/C10H4ClF9N2O/c11-4-1-2-5(21-3-4)22-6(23)7(12,13)8(14,15)9(16,17)10(18,19)20/h1-3H,(H,21,22,23). The third kappa shape index (κ3) is 3.31. The highest BCUT2D eigenvalue weighted by atomic mass is 35.5. The van der Waals surface area contributed by atoms with Crippen LogP contribution in [0.2, 0.25) is 5.02 Å². The molecular formula is C10H4ClF9N2O. The highest BCUT2D eigenvalue weighted by Crippen LogP contribution is 2.53. The average molecular weight is 375 g/mol. The number of halogens is 10. The lowest BCUT2D eigenvalue weighted by Crippen LogP contribution is -2.64. The second-order valence-corrected chi connectivity index (χ2v) is 4.47. The monoisotopic (exact) mass is 374 g/mol. The number of amides is 1. The van der Waals surface area contributed by atoms with Gasteiger partial charge in [-0.2, -0.15) is 39.5 Å². The van der Waals surface area contributed by atoms with E-state index in [0.29, 0.717) is 0 Å². The van der Waals surface area contributed by atoms with Gasteiger partial charge in [-0.05, 0) is 12.1 Å². The van der Waals surface area contributed by atoms with Gasteiger partial charge in [0.05, 0.1) is 5.02 Å². The Balaban J connectivity index is 3.13. The molecule has 0 unspecified atom stereocenters. The van der Waals surface area contributed by atoms with Crippen molar-refractivity contribution in [2.24, 2.45) is 0 Å². The molecule has 1 amide bonds. The molecule has 0 fully saturated rings. The van der Waals surface area contributed by atoms with E-state index >= 15 is 0 Å². The highest BCUT2D eigenvalue weighted by Gasteiger charge is 2.83. The minimum absolute atomic E-state index is 0.0521. The second kappa shape index (κ2) is 5.73. The lowest BCUT2D eigenvalue weighted by Gasteiger charge is -2.32. The van der Waals surface area contributed by atoms with Crippen LogP contribution in [0.5, 0.6) is 0 Å². The van der Waals surface area contributed by atoms with Gasteiger partial charge < -0.3 is 5.32 Å². The van der Waals surface area contributed by atoms with Gasteiger partial charge in [0.15, 0.2) is 0 Å². The molecule has 1 aromatic rings. The summed E-state index contributed by atoms with van der Waals surface area (Å²) in [6.07, 6.45) is -6.23. The van der Waals surface area contributed by atoms with Crippen molar-refractivity contribution in [3.8, 4) is 0 Å². The predicted molar refractivity (Wildman–Crippen MR) is 58.8 cm³/mol. The number of hydrogen-bond donors (Lipinski definition) is 1. The highest BCUT2D eigenvalue weighted by molar-refractivity contribution is 6.30. The molecule has 0 spiro atoms. The fourth-order valence-electron chi connectivity index (χ4n) is 1.16. The van der Waals surface area contributed by atoms with Crippen molar-refractivity contribution in [1.29, 1.82) is 0 Å². The maximum atomic E-state index is 13.2. The number of nitrogens with zero attached hydrogens (tertiary/aromatic N) is 1. The summed E-state index contributed by atoms with van der Waals surface area (Å²) in [6, 6.07) is 1.70. The van der Waals surface area contributed by atoms with E-state index < -0.39 is 35.7 Å². The minimum atomic E-state index is -7.14. The normalized spacial score (nSPS) is 13.8. The van der Waals surface area contributed by atoms with E-state index in [1.165, 1.54) is 0 Å². The molecule has 1 aromatic heterocycles. The molecule has 1 rings (SSSR count). The van der Waals surface area contributed by atoms with Gasteiger partial charge in [0, 0.05) is 6.20 Å². The number of pyridine rings is 1. The van der Waals surface area contributed by atoms with Gasteiger partial charge in [-0.15, -0.1) is 0 Å². The molecule has 3 nitrogen and oxygen atoms in total. The second-order valence-electron chi connectivity index (χ2n) is 4.04. The smallest absolute Gasteiger partial charge is 0.305 e. The molecule has 0 aromatic carbocycles. The number of hydrogen-bond acceptors (Lipinski definition) is 2. The summed E-state index contributed by atoms with van der Waals surface area (Å²) in [5.74, 6) is -24.5. The van der Waals surface area contributed by atoms with Crippen LogP contribution in [0.4, 0.5) is 45.3 Å². The van der Waals surface area contributed by atoms with Crippen molar-refractivity contribution in [3.63, 3.8) is 0 Å². The summed E-state index contributed by atoms with van der Waals surface area (Å²) >= 11 is 5.35. The van der Waals surface area contributed by atoms with Crippen molar-refractivity contribution in [1.82, 2.24) is 4.98 Å². The number of carbonyl (C=O) groups excluding carboxylic acids is 1. The van der Waals surface area contributed by atoms with Crippen molar-refractivity contribution in [3.05, 3.63) is 23.4 Å². The Labute approximate surface area is 126 Å². The minimum Gasteiger partial charge on any atom is -0.305 e. The van der Waals surface area contributed by atoms with Crippen molar-refractivity contribution < 1.29 is 44.3 Å². The first-order valence-corrected chi connectivity index (χ1v) is 5.65. The van der Waals surface area contributed by atoms with Crippen LogP contribution in [0.1, 0.15) is 0 Å². The molecule has 0 aliphatic carbocycles. The summed E-state index contributed by atoms with van der Waals surface area (Å²) in [7, 11) is 0. The van der Waals surface area contributed by atoms with Crippen molar-refractivity contribution in [2.75, 3.05) is 5.32 Å². The Morgan fingerprint density at radius 2 is 1.48 bits per heavy atom. The molecule has 0 aliphatic heterocycles. The first-order valence-electron chi connectivity index (χ1n) is 5.28. The van der Waals surface area contributed by atoms with Crippen LogP contribution in [0.15, 0.2) is 18.3 Å². The molecule has 23 heavy (non-hydrogen) atoms. The molecule has 0 radical (unpaired) electrons. The zero-order chi connectivity index (χ0) is 18.3. The van der Waals surface area contributed by atoms with Gasteiger partial charge in [-0.25, -0.2) is 4.98 Å². The third-order valence-electron chi connectivity index (χ3n) is 2.40. The van der Waals surface area contributed by atoms with E-state index in [0.717, 1.165) is 23.6 Å². The molecule has 1 heterocycles. The van der Waals surface area contributed by atoms with Gasteiger partial charge in [-0.3, -0.25) is 4.79 Å². The third-order valence-corrected chi connectivity index (χ3v) is 2.62. The van der Waals surface area contributed by atoms with Gasteiger partial charge in [0.25, 0.3) is 0 Å². The van der Waals surface area contributed by atoms with Crippen molar-refractivity contribution >= 4 is 23.3 Å². The lowest BCUT2D eigenvalue weighted by molar-refractivity contribution is -0.388. The number of alkyl halides is 9. The molecule has 0 atom stereocenters. The van der Waals surface area contributed by atoms with Crippen LogP contribution in [0.25, 0.3) is 0 Å². The summed E-state index contributed by atoms with van der Waals surface area (Å²) in [5.41, 5.74) is 0. The lowest BCUT2D eigenvalue weighted by atomic mass is 10.0. The zero-order valence-corrected chi connectivity index (χ0v) is 11.1. The number of anilines is 1. The zero-order valence-electron chi connectivity index (χ0n) is 10.4. The van der Waals surface area contributed by atoms with Crippen LogP contribution in [-0.4, -0.2) is 34.8 Å². The topological polar surface area (TPSA) is 42.0 Å². The molecular weight excluding hydrogens is 371 g/mol. The number of nitrogens with one attached hydrogen (secondary N) is 1. The maximum absolute atomic E-state index is 13.2. The Morgan fingerprint density at radius 3 is 1.87 bits per heavy atom. The van der Waals surface area contributed by atoms with Crippen LogP contribution in [-0.2, 0) is 4.79 Å². The van der Waals surface area contributed by atoms with Crippen LogP contribution >= 0.6 is 11.6 Å². The molecule has 1 N–H and O–H groups in total. The van der Waals surface area contributed by atoms with E-state index in [2.05, 4.69) is 4.98 Å².